The van der Waals surface area contributed by atoms with Crippen molar-refractivity contribution < 1.29 is 19.4 Å². The predicted octanol–water partition coefficient (Wildman–Crippen LogP) is 2.01. The first-order valence-electron chi connectivity index (χ1n) is 8.55. The molecule has 0 unspecified atom stereocenters. The Labute approximate surface area is 151 Å². The molecule has 2 heterocycles. The number of methoxy groups -OCH3 is 2. The van der Waals surface area contributed by atoms with Gasteiger partial charge in [-0.3, -0.25) is 9.69 Å². The molecule has 1 fully saturated rings. The number of hydrogen-bond donors (Lipinski definition) is 2. The molecule has 8 heteroatoms. The molecule has 0 radical (unpaired) electrons. The number of benzene rings is 1. The summed E-state index contributed by atoms with van der Waals surface area (Å²) in [6.45, 7) is 3.50. The SMILES string of the molecule is COc1cc2nc([C@](C)(CC(=O)O)N3CCCC3)nc(N)c2cc1OC. The number of carbonyl (C=O) groups is 1. The molecule has 140 valence electrons. The molecule has 8 nitrogen and oxygen atoms in total. The third-order valence-corrected chi connectivity index (χ3v) is 5.01. The zero-order chi connectivity index (χ0) is 18.9. The van der Waals surface area contributed by atoms with Gasteiger partial charge in [-0.2, -0.15) is 0 Å². The third-order valence-electron chi connectivity index (χ3n) is 5.01. The molecule has 0 saturated carbocycles. The molecule has 1 atom stereocenters. The summed E-state index contributed by atoms with van der Waals surface area (Å²) in [5, 5.41) is 10.1. The first-order chi connectivity index (χ1) is 12.4. The monoisotopic (exact) mass is 360 g/mol. The van der Waals surface area contributed by atoms with Gasteiger partial charge in [-0.05, 0) is 38.9 Å². The van der Waals surface area contributed by atoms with Crippen LogP contribution in [0.15, 0.2) is 12.1 Å². The molecule has 3 N–H and O–H groups in total. The lowest BCUT2D eigenvalue weighted by Gasteiger charge is -2.36. The van der Waals surface area contributed by atoms with Crippen molar-refractivity contribution in [3.05, 3.63) is 18.0 Å². The van der Waals surface area contributed by atoms with Crippen LogP contribution in [0.5, 0.6) is 11.5 Å². The Morgan fingerprint density at radius 1 is 1.23 bits per heavy atom. The lowest BCUT2D eigenvalue weighted by atomic mass is 9.94. The Bertz CT molecular complexity index is 836. The number of hydrogen-bond acceptors (Lipinski definition) is 7. The summed E-state index contributed by atoms with van der Waals surface area (Å²) >= 11 is 0. The Hall–Kier alpha value is -2.61. The molecular weight excluding hydrogens is 336 g/mol. The van der Waals surface area contributed by atoms with Crippen molar-refractivity contribution in [2.24, 2.45) is 0 Å². The lowest BCUT2D eigenvalue weighted by Crippen LogP contribution is -2.45. The fraction of sp³-hybridized carbons (Fsp3) is 0.500. The van der Waals surface area contributed by atoms with E-state index < -0.39 is 11.5 Å². The standard InChI is InChI=1S/C18H24N4O4/c1-18(10-15(23)24,22-6-4-5-7-22)17-20-12-9-14(26-3)13(25-2)8-11(12)16(19)21-17/h8-9H,4-7,10H2,1-3H3,(H,23,24)(H2,19,20,21)/t18-/m0/s1. The highest BCUT2D eigenvalue weighted by Crippen LogP contribution is 2.37. The van der Waals surface area contributed by atoms with E-state index in [1.54, 1.807) is 26.4 Å². The number of nitrogens with zero attached hydrogens (tertiary/aromatic N) is 3. The van der Waals surface area contributed by atoms with Crippen molar-refractivity contribution in [1.29, 1.82) is 0 Å². The zero-order valence-corrected chi connectivity index (χ0v) is 15.3. The Kier molecular flexibility index (Phi) is 4.86. The van der Waals surface area contributed by atoms with Crippen molar-refractivity contribution in [2.75, 3.05) is 33.0 Å². The second kappa shape index (κ2) is 6.95. The summed E-state index contributed by atoms with van der Waals surface area (Å²) in [6, 6.07) is 3.47. The number of fused-ring (bicyclic) bond motifs is 1. The van der Waals surface area contributed by atoms with Gasteiger partial charge in [0.15, 0.2) is 17.3 Å². The van der Waals surface area contributed by atoms with E-state index >= 15 is 0 Å². The Balaban J connectivity index is 2.17. The van der Waals surface area contributed by atoms with Crippen molar-refractivity contribution in [3.63, 3.8) is 0 Å². The largest absolute Gasteiger partial charge is 0.493 e. The van der Waals surface area contributed by atoms with Gasteiger partial charge in [0.05, 0.1) is 31.7 Å². The first-order valence-corrected chi connectivity index (χ1v) is 8.55. The van der Waals surface area contributed by atoms with Crippen LogP contribution in [0.2, 0.25) is 0 Å². The van der Waals surface area contributed by atoms with E-state index in [0.717, 1.165) is 25.9 Å². The van der Waals surface area contributed by atoms with E-state index in [4.69, 9.17) is 15.2 Å². The van der Waals surface area contributed by atoms with Crippen LogP contribution in [0.3, 0.4) is 0 Å². The second-order valence-corrected chi connectivity index (χ2v) is 6.70. The van der Waals surface area contributed by atoms with Gasteiger partial charge in [0.25, 0.3) is 0 Å². The molecule has 26 heavy (non-hydrogen) atoms. The summed E-state index contributed by atoms with van der Waals surface area (Å²) in [7, 11) is 3.10. The molecule has 3 rings (SSSR count). The highest BCUT2D eigenvalue weighted by Gasteiger charge is 2.40. The topological polar surface area (TPSA) is 111 Å². The quantitative estimate of drug-likeness (QED) is 0.805. The molecule has 0 bridgehead atoms. The summed E-state index contributed by atoms with van der Waals surface area (Å²) in [6.07, 6.45) is 1.97. The van der Waals surface area contributed by atoms with Crippen LogP contribution in [0.25, 0.3) is 10.9 Å². The molecule has 1 aromatic carbocycles. The number of ether oxygens (including phenoxy) is 2. The molecule has 1 saturated heterocycles. The number of carboxylic acid groups (broad SMARTS) is 1. The molecular formula is C18H24N4O4. The summed E-state index contributed by atoms with van der Waals surface area (Å²) in [4.78, 5) is 22.8. The van der Waals surface area contributed by atoms with Crippen LogP contribution >= 0.6 is 0 Å². The van der Waals surface area contributed by atoms with Crippen LogP contribution in [-0.4, -0.2) is 53.3 Å². The number of rotatable bonds is 6. The van der Waals surface area contributed by atoms with E-state index in [2.05, 4.69) is 14.9 Å². The highest BCUT2D eigenvalue weighted by molar-refractivity contribution is 5.91. The average molecular weight is 360 g/mol. The number of anilines is 1. The molecule has 1 aliphatic rings. The average Bonchev–Trinajstić information content (AvgIpc) is 3.15. The van der Waals surface area contributed by atoms with Crippen molar-refractivity contribution in [3.8, 4) is 11.5 Å². The molecule has 0 spiro atoms. The number of nitrogen functional groups attached to an aromatic ring is 1. The summed E-state index contributed by atoms with van der Waals surface area (Å²) in [5.41, 5.74) is 5.96. The van der Waals surface area contributed by atoms with Crippen molar-refractivity contribution >= 4 is 22.7 Å². The predicted molar refractivity (Wildman–Crippen MR) is 97.5 cm³/mol. The van der Waals surface area contributed by atoms with Gasteiger partial charge in [0.2, 0.25) is 0 Å². The summed E-state index contributed by atoms with van der Waals surface area (Å²) in [5.74, 6) is 0.885. The van der Waals surface area contributed by atoms with Crippen molar-refractivity contribution in [2.45, 2.75) is 31.7 Å². The fourth-order valence-corrected chi connectivity index (χ4v) is 3.56. The van der Waals surface area contributed by atoms with E-state index in [1.165, 1.54) is 0 Å². The molecule has 0 amide bonds. The fourth-order valence-electron chi connectivity index (χ4n) is 3.56. The Morgan fingerprint density at radius 2 is 1.85 bits per heavy atom. The van der Waals surface area contributed by atoms with Gasteiger partial charge in [-0.25, -0.2) is 9.97 Å². The normalized spacial score (nSPS) is 17.2. The van der Waals surface area contributed by atoms with Gasteiger partial charge >= 0.3 is 5.97 Å². The highest BCUT2D eigenvalue weighted by atomic mass is 16.5. The number of aromatic nitrogens is 2. The smallest absolute Gasteiger partial charge is 0.305 e. The maximum atomic E-state index is 11.5. The van der Waals surface area contributed by atoms with Gasteiger partial charge in [0, 0.05) is 11.5 Å². The van der Waals surface area contributed by atoms with E-state index in [-0.39, 0.29) is 6.42 Å². The van der Waals surface area contributed by atoms with Gasteiger partial charge in [-0.1, -0.05) is 0 Å². The van der Waals surface area contributed by atoms with E-state index in [1.807, 2.05) is 6.92 Å². The Morgan fingerprint density at radius 3 is 2.42 bits per heavy atom. The number of nitrogens with two attached hydrogens (primary N) is 1. The maximum absolute atomic E-state index is 11.5. The minimum absolute atomic E-state index is 0.0920. The van der Waals surface area contributed by atoms with Gasteiger partial charge in [0.1, 0.15) is 5.82 Å². The van der Waals surface area contributed by atoms with Crippen molar-refractivity contribution in [1.82, 2.24) is 14.9 Å². The van der Waals surface area contributed by atoms with Crippen LogP contribution in [0.1, 0.15) is 32.0 Å². The molecule has 1 aromatic heterocycles. The molecule has 2 aromatic rings. The number of likely N-dealkylation sites (tertiary alicyclic amines) is 1. The molecule has 1 aliphatic heterocycles. The minimum atomic E-state index is -0.894. The molecule has 0 aliphatic carbocycles. The third kappa shape index (κ3) is 3.12. The minimum Gasteiger partial charge on any atom is -0.493 e. The zero-order valence-electron chi connectivity index (χ0n) is 15.3. The van der Waals surface area contributed by atoms with E-state index in [9.17, 15) is 9.90 Å². The summed E-state index contributed by atoms with van der Waals surface area (Å²) < 4.78 is 10.7. The van der Waals surface area contributed by atoms with Gasteiger partial charge < -0.3 is 20.3 Å². The second-order valence-electron chi connectivity index (χ2n) is 6.70. The maximum Gasteiger partial charge on any atom is 0.305 e. The van der Waals surface area contributed by atoms with Gasteiger partial charge in [-0.15, -0.1) is 0 Å². The number of aliphatic carboxylic acids is 1. The lowest BCUT2D eigenvalue weighted by molar-refractivity contribution is -0.140. The van der Waals surface area contributed by atoms with Crippen LogP contribution in [-0.2, 0) is 10.3 Å². The van der Waals surface area contributed by atoms with E-state index in [0.29, 0.717) is 34.0 Å². The van der Waals surface area contributed by atoms with Crippen LogP contribution in [0.4, 0.5) is 5.82 Å². The number of carboxylic acids is 1. The van der Waals surface area contributed by atoms with Crippen LogP contribution in [0, 0.1) is 0 Å². The van der Waals surface area contributed by atoms with Crippen LogP contribution < -0.4 is 15.2 Å². The first kappa shape index (κ1) is 18.2.